The van der Waals surface area contributed by atoms with Gasteiger partial charge in [-0.25, -0.2) is 4.79 Å². The van der Waals surface area contributed by atoms with Crippen molar-refractivity contribution in [1.29, 1.82) is 0 Å². The molecule has 0 aromatic rings. The third-order valence-electron chi connectivity index (χ3n) is 1.26. The van der Waals surface area contributed by atoms with Crippen LogP contribution in [-0.4, -0.2) is 45.2 Å². The second kappa shape index (κ2) is 5.05. The van der Waals surface area contributed by atoms with Crippen LogP contribution in [0.4, 0.5) is 4.79 Å². The van der Waals surface area contributed by atoms with Gasteiger partial charge in [-0.1, -0.05) is 0 Å². The first kappa shape index (κ1) is 9.23. The van der Waals surface area contributed by atoms with Crippen molar-refractivity contribution in [2.24, 2.45) is 0 Å². The van der Waals surface area contributed by atoms with Crippen molar-refractivity contribution in [3.63, 3.8) is 0 Å². The lowest BCUT2D eigenvalue weighted by Crippen LogP contribution is -2.38. The standard InChI is InChI=1S/C6H15N3O/c1-7-4-5-9(3)6(10)8-2/h7H,4-5H2,1-3H3,(H,8,10). The molecule has 0 spiro atoms. The Morgan fingerprint density at radius 2 is 2.10 bits per heavy atom. The van der Waals surface area contributed by atoms with Gasteiger partial charge in [0.15, 0.2) is 0 Å². The molecular weight excluding hydrogens is 130 g/mol. The molecule has 0 unspecified atom stereocenters. The number of hydrogen-bond donors (Lipinski definition) is 2. The van der Waals surface area contributed by atoms with E-state index >= 15 is 0 Å². The quantitative estimate of drug-likeness (QED) is 0.561. The molecule has 10 heavy (non-hydrogen) atoms. The number of rotatable bonds is 3. The zero-order valence-electron chi connectivity index (χ0n) is 6.77. The van der Waals surface area contributed by atoms with Gasteiger partial charge in [0.1, 0.15) is 0 Å². The Bertz CT molecular complexity index is 105. The molecule has 0 atom stereocenters. The van der Waals surface area contributed by atoms with E-state index in [-0.39, 0.29) is 6.03 Å². The van der Waals surface area contributed by atoms with Crippen LogP contribution in [0.1, 0.15) is 0 Å². The van der Waals surface area contributed by atoms with Crippen LogP contribution in [0, 0.1) is 0 Å². The fourth-order valence-corrected chi connectivity index (χ4v) is 0.572. The van der Waals surface area contributed by atoms with Crippen LogP contribution in [0.5, 0.6) is 0 Å². The van der Waals surface area contributed by atoms with E-state index in [1.807, 2.05) is 7.05 Å². The number of likely N-dealkylation sites (N-methyl/N-ethyl adjacent to an activating group) is 2. The van der Waals surface area contributed by atoms with Crippen molar-refractivity contribution in [2.45, 2.75) is 0 Å². The molecule has 0 aliphatic heterocycles. The van der Waals surface area contributed by atoms with Crippen LogP contribution in [0.3, 0.4) is 0 Å². The number of carbonyl (C=O) groups is 1. The van der Waals surface area contributed by atoms with Gasteiger partial charge in [-0.2, -0.15) is 0 Å². The lowest BCUT2D eigenvalue weighted by Gasteiger charge is -2.15. The largest absolute Gasteiger partial charge is 0.341 e. The molecule has 0 saturated heterocycles. The minimum absolute atomic E-state index is 0.0461. The van der Waals surface area contributed by atoms with Crippen LogP contribution in [0.15, 0.2) is 0 Å². The second-order valence-electron chi connectivity index (χ2n) is 2.08. The van der Waals surface area contributed by atoms with Crippen molar-refractivity contribution >= 4 is 6.03 Å². The summed E-state index contributed by atoms with van der Waals surface area (Å²) in [5, 5.41) is 5.49. The Kier molecular flexibility index (Phi) is 4.66. The monoisotopic (exact) mass is 145 g/mol. The molecule has 60 valence electrons. The lowest BCUT2D eigenvalue weighted by atomic mass is 10.5. The smallest absolute Gasteiger partial charge is 0.316 e. The summed E-state index contributed by atoms with van der Waals surface area (Å²) in [6.45, 7) is 1.56. The number of urea groups is 1. The zero-order chi connectivity index (χ0) is 7.98. The molecule has 0 aliphatic carbocycles. The number of nitrogens with zero attached hydrogens (tertiary/aromatic N) is 1. The van der Waals surface area contributed by atoms with Gasteiger partial charge in [0.2, 0.25) is 0 Å². The molecule has 2 amide bonds. The van der Waals surface area contributed by atoms with Crippen LogP contribution < -0.4 is 10.6 Å². The van der Waals surface area contributed by atoms with Gasteiger partial charge in [-0.05, 0) is 7.05 Å². The Labute approximate surface area is 61.6 Å². The maximum absolute atomic E-state index is 10.8. The maximum Gasteiger partial charge on any atom is 0.316 e. The van der Waals surface area contributed by atoms with E-state index < -0.39 is 0 Å². The third kappa shape index (κ3) is 3.29. The molecule has 0 aliphatic rings. The van der Waals surface area contributed by atoms with Gasteiger partial charge < -0.3 is 15.5 Å². The number of amides is 2. The van der Waals surface area contributed by atoms with Crippen molar-refractivity contribution in [1.82, 2.24) is 15.5 Å². The van der Waals surface area contributed by atoms with E-state index in [0.717, 1.165) is 13.1 Å². The van der Waals surface area contributed by atoms with Crippen LogP contribution in [0.25, 0.3) is 0 Å². The summed E-state index contributed by atoms with van der Waals surface area (Å²) in [7, 11) is 5.24. The topological polar surface area (TPSA) is 44.4 Å². The minimum atomic E-state index is -0.0461. The van der Waals surface area contributed by atoms with E-state index in [4.69, 9.17) is 0 Å². The summed E-state index contributed by atoms with van der Waals surface area (Å²) in [5.74, 6) is 0. The lowest BCUT2D eigenvalue weighted by molar-refractivity contribution is 0.211. The molecule has 0 fully saturated rings. The van der Waals surface area contributed by atoms with Gasteiger partial charge in [0, 0.05) is 27.2 Å². The Morgan fingerprint density at radius 1 is 1.50 bits per heavy atom. The molecule has 0 aromatic carbocycles. The number of hydrogen-bond acceptors (Lipinski definition) is 2. The summed E-state index contributed by atoms with van der Waals surface area (Å²) in [6, 6.07) is -0.0461. The minimum Gasteiger partial charge on any atom is -0.341 e. The predicted molar refractivity (Wildman–Crippen MR) is 41.0 cm³/mol. The molecular formula is C6H15N3O. The fraction of sp³-hybridized carbons (Fsp3) is 0.833. The highest BCUT2D eigenvalue weighted by atomic mass is 16.2. The molecule has 4 heteroatoms. The van der Waals surface area contributed by atoms with Gasteiger partial charge in [-0.15, -0.1) is 0 Å². The van der Waals surface area contributed by atoms with Gasteiger partial charge in [0.05, 0.1) is 0 Å². The second-order valence-corrected chi connectivity index (χ2v) is 2.08. The SMILES string of the molecule is CNCCN(C)C(=O)NC. The van der Waals surface area contributed by atoms with Crippen LogP contribution >= 0.6 is 0 Å². The molecule has 0 bridgehead atoms. The third-order valence-corrected chi connectivity index (χ3v) is 1.26. The first-order valence-corrected chi connectivity index (χ1v) is 3.29. The van der Waals surface area contributed by atoms with Gasteiger partial charge >= 0.3 is 6.03 Å². The summed E-state index contributed by atoms with van der Waals surface area (Å²) in [4.78, 5) is 12.4. The summed E-state index contributed by atoms with van der Waals surface area (Å²) < 4.78 is 0. The average molecular weight is 145 g/mol. The van der Waals surface area contributed by atoms with E-state index in [2.05, 4.69) is 10.6 Å². The van der Waals surface area contributed by atoms with E-state index in [9.17, 15) is 4.79 Å². The average Bonchev–Trinajstić information content (AvgIpc) is 1.98. The normalized spacial score (nSPS) is 9.10. The first-order chi connectivity index (χ1) is 4.72. The van der Waals surface area contributed by atoms with E-state index in [0.29, 0.717) is 0 Å². The number of carbonyl (C=O) groups excluding carboxylic acids is 1. The Hall–Kier alpha value is -0.770. The molecule has 0 saturated carbocycles. The van der Waals surface area contributed by atoms with Crippen molar-refractivity contribution in [3.8, 4) is 0 Å². The zero-order valence-corrected chi connectivity index (χ0v) is 6.77. The fourth-order valence-electron chi connectivity index (χ4n) is 0.572. The molecule has 2 N–H and O–H groups in total. The van der Waals surface area contributed by atoms with Gasteiger partial charge in [-0.3, -0.25) is 0 Å². The summed E-state index contributed by atoms with van der Waals surface area (Å²) in [5.41, 5.74) is 0. The number of nitrogens with one attached hydrogen (secondary N) is 2. The van der Waals surface area contributed by atoms with Crippen LogP contribution in [0.2, 0.25) is 0 Å². The maximum atomic E-state index is 10.8. The summed E-state index contributed by atoms with van der Waals surface area (Å²) in [6.07, 6.45) is 0. The van der Waals surface area contributed by atoms with Crippen molar-refractivity contribution in [3.05, 3.63) is 0 Å². The molecule has 4 nitrogen and oxygen atoms in total. The highest BCUT2D eigenvalue weighted by Crippen LogP contribution is 1.79. The van der Waals surface area contributed by atoms with E-state index in [1.165, 1.54) is 0 Å². The Balaban J connectivity index is 3.41. The first-order valence-electron chi connectivity index (χ1n) is 3.29. The predicted octanol–water partition coefficient (Wildman–Crippen LogP) is -0.523. The molecule has 0 heterocycles. The highest BCUT2D eigenvalue weighted by Gasteiger charge is 2.02. The summed E-state index contributed by atoms with van der Waals surface area (Å²) >= 11 is 0. The van der Waals surface area contributed by atoms with Crippen molar-refractivity contribution in [2.75, 3.05) is 34.2 Å². The molecule has 0 radical (unpaired) electrons. The highest BCUT2D eigenvalue weighted by molar-refractivity contribution is 5.73. The Morgan fingerprint density at radius 3 is 2.50 bits per heavy atom. The van der Waals surface area contributed by atoms with E-state index in [1.54, 1.807) is 19.0 Å². The van der Waals surface area contributed by atoms with Crippen molar-refractivity contribution < 1.29 is 4.79 Å². The van der Waals surface area contributed by atoms with Crippen LogP contribution in [-0.2, 0) is 0 Å². The van der Waals surface area contributed by atoms with Gasteiger partial charge in [0.25, 0.3) is 0 Å². The molecule has 0 aromatic heterocycles. The molecule has 0 rings (SSSR count).